The van der Waals surface area contributed by atoms with Crippen LogP contribution in [0, 0.1) is 5.92 Å². The minimum atomic E-state index is 0.438. The number of hydrogen-bond donors (Lipinski definition) is 1. The van der Waals surface area contributed by atoms with E-state index in [9.17, 15) is 0 Å². The van der Waals surface area contributed by atoms with Gasteiger partial charge in [-0.1, -0.05) is 43.3 Å². The maximum Gasteiger partial charge on any atom is 0.230 e. The molecule has 2 N–H and O–H groups in total. The highest BCUT2D eigenvalue weighted by atomic mass is 16.5. The molecule has 1 heterocycles. The molecule has 0 amide bonds. The van der Waals surface area contributed by atoms with Gasteiger partial charge in [0.05, 0.1) is 11.3 Å². The van der Waals surface area contributed by atoms with E-state index in [4.69, 9.17) is 10.3 Å². The number of nitrogens with zero attached hydrogens (tertiary/aromatic N) is 1. The summed E-state index contributed by atoms with van der Waals surface area (Å²) in [5.41, 5.74) is 10.4. The zero-order valence-corrected chi connectivity index (χ0v) is 11.5. The Morgan fingerprint density at radius 2 is 1.95 bits per heavy atom. The van der Waals surface area contributed by atoms with Gasteiger partial charge in [-0.15, -0.1) is 0 Å². The van der Waals surface area contributed by atoms with Gasteiger partial charge in [-0.2, -0.15) is 0 Å². The maximum absolute atomic E-state index is 5.94. The first-order valence-electron chi connectivity index (χ1n) is 6.99. The molecule has 0 saturated heterocycles. The van der Waals surface area contributed by atoms with E-state index in [1.165, 1.54) is 18.4 Å². The van der Waals surface area contributed by atoms with Crippen LogP contribution >= 0.6 is 0 Å². The second kappa shape index (κ2) is 4.72. The molecule has 0 atom stereocenters. The highest BCUT2D eigenvalue weighted by Gasteiger charge is 2.26. The van der Waals surface area contributed by atoms with E-state index in [-0.39, 0.29) is 0 Å². The summed E-state index contributed by atoms with van der Waals surface area (Å²) >= 11 is 0. The van der Waals surface area contributed by atoms with Crippen LogP contribution in [-0.4, -0.2) is 5.16 Å². The summed E-state index contributed by atoms with van der Waals surface area (Å²) < 4.78 is 5.18. The van der Waals surface area contributed by atoms with E-state index in [0.717, 1.165) is 29.2 Å². The summed E-state index contributed by atoms with van der Waals surface area (Å²) in [5.74, 6) is 1.76. The molecule has 3 nitrogen and oxygen atoms in total. The Morgan fingerprint density at radius 1 is 1.26 bits per heavy atom. The van der Waals surface area contributed by atoms with Crippen LogP contribution in [0.2, 0.25) is 0 Å². The van der Waals surface area contributed by atoms with E-state index in [1.807, 2.05) is 0 Å². The molecule has 0 aliphatic heterocycles. The molecule has 1 aliphatic carbocycles. The summed E-state index contributed by atoms with van der Waals surface area (Å²) in [6, 6.07) is 8.56. The Hall–Kier alpha value is -1.77. The lowest BCUT2D eigenvalue weighted by molar-refractivity contribution is 0.426. The topological polar surface area (TPSA) is 52.0 Å². The van der Waals surface area contributed by atoms with Crippen molar-refractivity contribution in [2.75, 3.05) is 5.73 Å². The minimum Gasteiger partial charge on any atom is -0.367 e. The van der Waals surface area contributed by atoms with E-state index in [0.29, 0.717) is 11.8 Å². The fourth-order valence-corrected chi connectivity index (χ4v) is 2.42. The Kier molecular flexibility index (Phi) is 3.05. The van der Waals surface area contributed by atoms with Crippen LogP contribution in [-0.2, 0) is 6.42 Å². The molecule has 0 bridgehead atoms. The van der Waals surface area contributed by atoms with Crippen molar-refractivity contribution >= 4 is 5.88 Å². The summed E-state index contributed by atoms with van der Waals surface area (Å²) in [4.78, 5) is 0. The van der Waals surface area contributed by atoms with Crippen LogP contribution in [0.25, 0.3) is 11.1 Å². The van der Waals surface area contributed by atoms with E-state index >= 15 is 0 Å². The molecule has 3 rings (SSSR count). The highest BCUT2D eigenvalue weighted by Crippen LogP contribution is 2.37. The summed E-state index contributed by atoms with van der Waals surface area (Å²) in [7, 11) is 0. The van der Waals surface area contributed by atoms with Crippen LogP contribution in [0.5, 0.6) is 0 Å². The standard InChI is InChI=1S/C16H20N2O/c1-10(2)12-5-7-13(8-6-12)15-14(9-11-3-4-11)18-19-16(15)17/h5-8,10-11H,3-4,9,17H2,1-2H3. The predicted molar refractivity (Wildman–Crippen MR) is 76.9 cm³/mol. The number of nitrogen functional groups attached to an aromatic ring is 1. The number of aromatic nitrogens is 1. The third kappa shape index (κ3) is 2.50. The van der Waals surface area contributed by atoms with E-state index < -0.39 is 0 Å². The molecule has 1 saturated carbocycles. The second-order valence-corrected chi connectivity index (χ2v) is 5.79. The monoisotopic (exact) mass is 256 g/mol. The van der Waals surface area contributed by atoms with Crippen molar-refractivity contribution in [1.82, 2.24) is 5.16 Å². The van der Waals surface area contributed by atoms with Crippen molar-refractivity contribution in [3.8, 4) is 11.1 Å². The number of rotatable bonds is 4. The zero-order chi connectivity index (χ0) is 13.4. The summed E-state index contributed by atoms with van der Waals surface area (Å²) in [6.45, 7) is 4.39. The normalized spacial score (nSPS) is 15.1. The Balaban J connectivity index is 1.93. The fourth-order valence-electron chi connectivity index (χ4n) is 2.42. The quantitative estimate of drug-likeness (QED) is 0.899. The molecule has 1 aliphatic rings. The second-order valence-electron chi connectivity index (χ2n) is 5.79. The first-order valence-corrected chi connectivity index (χ1v) is 6.99. The highest BCUT2D eigenvalue weighted by molar-refractivity contribution is 5.75. The minimum absolute atomic E-state index is 0.438. The average molecular weight is 256 g/mol. The van der Waals surface area contributed by atoms with Crippen molar-refractivity contribution in [3.63, 3.8) is 0 Å². The van der Waals surface area contributed by atoms with Crippen molar-refractivity contribution < 1.29 is 4.52 Å². The first-order chi connectivity index (χ1) is 9.15. The van der Waals surface area contributed by atoms with Gasteiger partial charge in [0.1, 0.15) is 0 Å². The Morgan fingerprint density at radius 3 is 2.53 bits per heavy atom. The van der Waals surface area contributed by atoms with Crippen molar-refractivity contribution in [1.29, 1.82) is 0 Å². The molecule has 0 radical (unpaired) electrons. The predicted octanol–water partition coefficient (Wildman–Crippen LogP) is 4.00. The fraction of sp³-hybridized carbons (Fsp3) is 0.438. The third-order valence-electron chi connectivity index (χ3n) is 3.83. The lowest BCUT2D eigenvalue weighted by Crippen LogP contribution is -1.93. The van der Waals surface area contributed by atoms with Crippen LogP contribution < -0.4 is 5.73 Å². The number of nitrogens with two attached hydrogens (primary N) is 1. The molecule has 100 valence electrons. The molecular formula is C16H20N2O. The number of hydrogen-bond acceptors (Lipinski definition) is 3. The molecule has 3 heteroatoms. The molecule has 1 aromatic carbocycles. The van der Waals surface area contributed by atoms with E-state index in [2.05, 4.69) is 43.3 Å². The molecule has 0 unspecified atom stereocenters. The SMILES string of the molecule is CC(C)c1ccc(-c2c(CC3CC3)noc2N)cc1. The van der Waals surface area contributed by atoms with Gasteiger partial charge in [-0.05, 0) is 42.2 Å². The summed E-state index contributed by atoms with van der Waals surface area (Å²) in [6.07, 6.45) is 3.60. The molecular weight excluding hydrogens is 236 g/mol. The van der Waals surface area contributed by atoms with Crippen LogP contribution in [0.3, 0.4) is 0 Å². The maximum atomic E-state index is 5.94. The van der Waals surface area contributed by atoms with Gasteiger partial charge < -0.3 is 10.3 Å². The number of anilines is 1. The first kappa shape index (κ1) is 12.3. The molecule has 0 spiro atoms. The van der Waals surface area contributed by atoms with Gasteiger partial charge in [0.15, 0.2) is 0 Å². The Labute approximate surface area is 113 Å². The van der Waals surface area contributed by atoms with Gasteiger partial charge in [-0.3, -0.25) is 0 Å². The molecule has 2 aromatic rings. The van der Waals surface area contributed by atoms with Crippen LogP contribution in [0.15, 0.2) is 28.8 Å². The van der Waals surface area contributed by atoms with Crippen molar-refractivity contribution in [2.45, 2.75) is 39.0 Å². The van der Waals surface area contributed by atoms with Gasteiger partial charge in [0.25, 0.3) is 0 Å². The van der Waals surface area contributed by atoms with Gasteiger partial charge >= 0.3 is 0 Å². The summed E-state index contributed by atoms with van der Waals surface area (Å²) in [5, 5.41) is 4.13. The van der Waals surface area contributed by atoms with Crippen LogP contribution in [0.4, 0.5) is 5.88 Å². The molecule has 1 fully saturated rings. The lowest BCUT2D eigenvalue weighted by Gasteiger charge is -2.07. The average Bonchev–Trinajstić information content (AvgIpc) is 3.13. The van der Waals surface area contributed by atoms with E-state index in [1.54, 1.807) is 0 Å². The Bertz CT molecular complexity index is 565. The molecule has 1 aromatic heterocycles. The third-order valence-corrected chi connectivity index (χ3v) is 3.83. The smallest absolute Gasteiger partial charge is 0.230 e. The van der Waals surface area contributed by atoms with Gasteiger partial charge in [0.2, 0.25) is 5.88 Å². The van der Waals surface area contributed by atoms with Gasteiger partial charge in [-0.25, -0.2) is 0 Å². The lowest BCUT2D eigenvalue weighted by atomic mass is 9.97. The van der Waals surface area contributed by atoms with Crippen LogP contribution in [0.1, 0.15) is 43.9 Å². The van der Waals surface area contributed by atoms with Crippen molar-refractivity contribution in [2.24, 2.45) is 5.92 Å². The molecule has 19 heavy (non-hydrogen) atoms. The largest absolute Gasteiger partial charge is 0.367 e. The number of benzene rings is 1. The zero-order valence-electron chi connectivity index (χ0n) is 11.5. The van der Waals surface area contributed by atoms with Crippen molar-refractivity contribution in [3.05, 3.63) is 35.5 Å². The van der Waals surface area contributed by atoms with Gasteiger partial charge in [0, 0.05) is 0 Å².